The van der Waals surface area contributed by atoms with E-state index in [1.807, 2.05) is 14.0 Å². The van der Waals surface area contributed by atoms with Crippen LogP contribution in [0.25, 0.3) is 0 Å². The van der Waals surface area contributed by atoms with E-state index in [0.717, 1.165) is 25.9 Å². The number of nitrogens with one attached hydrogen (secondary N) is 1. The fraction of sp³-hybridized carbons (Fsp3) is 0.526. The molecular weight excluding hydrogens is 389 g/mol. The van der Waals surface area contributed by atoms with Crippen LogP contribution < -0.4 is 15.8 Å². The van der Waals surface area contributed by atoms with Crippen LogP contribution in [0.5, 0.6) is 5.75 Å². The van der Waals surface area contributed by atoms with E-state index >= 15 is 0 Å². The molecule has 1 fully saturated rings. The molecule has 1 aromatic carbocycles. The SMILES string of the molecule is CCC#CCOc1cc(N)c(Cl)cc1C(=O)NC1CCN(C)CC1OC.Cl. The summed E-state index contributed by atoms with van der Waals surface area (Å²) >= 11 is 6.11. The van der Waals surface area contributed by atoms with Crippen molar-refractivity contribution < 1.29 is 14.3 Å². The van der Waals surface area contributed by atoms with Gasteiger partial charge in [-0.3, -0.25) is 4.79 Å². The molecule has 0 bridgehead atoms. The van der Waals surface area contributed by atoms with Crippen molar-refractivity contribution in [1.29, 1.82) is 0 Å². The van der Waals surface area contributed by atoms with Crippen molar-refractivity contribution in [3.05, 3.63) is 22.7 Å². The number of piperidine rings is 1. The molecule has 8 heteroatoms. The first-order valence-electron chi connectivity index (χ1n) is 8.66. The molecule has 3 N–H and O–H groups in total. The monoisotopic (exact) mass is 415 g/mol. The number of amides is 1. The Morgan fingerprint density at radius 1 is 1.44 bits per heavy atom. The molecule has 1 heterocycles. The third kappa shape index (κ3) is 6.47. The number of carbonyl (C=O) groups excluding carboxylic acids is 1. The van der Waals surface area contributed by atoms with Gasteiger partial charge in [0, 0.05) is 26.1 Å². The average Bonchev–Trinajstić information content (AvgIpc) is 2.62. The van der Waals surface area contributed by atoms with E-state index < -0.39 is 0 Å². The number of halogens is 2. The van der Waals surface area contributed by atoms with Gasteiger partial charge in [0.05, 0.1) is 28.4 Å². The Labute approximate surface area is 172 Å². The van der Waals surface area contributed by atoms with E-state index in [4.69, 9.17) is 26.8 Å². The van der Waals surface area contributed by atoms with Crippen LogP contribution in [0.15, 0.2) is 12.1 Å². The molecule has 2 rings (SSSR count). The minimum absolute atomic E-state index is 0. The summed E-state index contributed by atoms with van der Waals surface area (Å²) in [5, 5.41) is 3.35. The molecule has 1 aliphatic rings. The van der Waals surface area contributed by atoms with Crippen molar-refractivity contribution in [1.82, 2.24) is 10.2 Å². The Morgan fingerprint density at radius 2 is 2.19 bits per heavy atom. The van der Waals surface area contributed by atoms with E-state index in [-0.39, 0.29) is 37.1 Å². The maximum Gasteiger partial charge on any atom is 0.255 e. The van der Waals surface area contributed by atoms with Crippen molar-refractivity contribution in [3.8, 4) is 17.6 Å². The summed E-state index contributed by atoms with van der Waals surface area (Å²) in [4.78, 5) is 15.0. The lowest BCUT2D eigenvalue weighted by Crippen LogP contribution is -2.53. The molecular formula is C19H27Cl2N3O3. The standard InChI is InChI=1S/C19H26ClN3O3.ClH/c1-4-5-6-9-26-17-11-15(21)14(20)10-13(17)19(24)22-16-7-8-23(2)12-18(16)25-3;/h10-11,16,18H,4,7-9,12,21H2,1-3H3,(H,22,24);1H. The molecule has 0 aliphatic carbocycles. The van der Waals surface area contributed by atoms with Crippen molar-refractivity contribution in [2.75, 3.05) is 39.6 Å². The number of ether oxygens (including phenoxy) is 2. The van der Waals surface area contributed by atoms with Gasteiger partial charge in [-0.05, 0) is 26.1 Å². The number of methoxy groups -OCH3 is 1. The predicted octanol–water partition coefficient (Wildman–Crippen LogP) is 2.59. The van der Waals surface area contributed by atoms with Crippen LogP contribution in [0.3, 0.4) is 0 Å². The predicted molar refractivity (Wildman–Crippen MR) is 111 cm³/mol. The van der Waals surface area contributed by atoms with Gasteiger partial charge >= 0.3 is 0 Å². The van der Waals surface area contributed by atoms with Crippen LogP contribution in [0.2, 0.25) is 5.02 Å². The first-order valence-corrected chi connectivity index (χ1v) is 9.03. The van der Waals surface area contributed by atoms with Crippen LogP contribution >= 0.6 is 24.0 Å². The molecule has 0 radical (unpaired) electrons. The topological polar surface area (TPSA) is 76.8 Å². The lowest BCUT2D eigenvalue weighted by molar-refractivity contribution is 0.0142. The normalized spacial score (nSPS) is 19.4. The maximum atomic E-state index is 12.8. The Hall–Kier alpha value is -1.65. The van der Waals surface area contributed by atoms with Crippen LogP contribution in [0.4, 0.5) is 5.69 Å². The highest BCUT2D eigenvalue weighted by molar-refractivity contribution is 6.33. The number of likely N-dealkylation sites (N-methyl/N-ethyl adjacent to an activating group) is 1. The summed E-state index contributed by atoms with van der Waals surface area (Å²) in [7, 11) is 3.69. The minimum Gasteiger partial charge on any atom is -0.480 e. The van der Waals surface area contributed by atoms with E-state index in [0.29, 0.717) is 22.0 Å². The number of nitrogen functional groups attached to an aromatic ring is 1. The molecule has 1 aliphatic heterocycles. The van der Waals surface area contributed by atoms with Gasteiger partial charge in [0.1, 0.15) is 12.4 Å². The third-order valence-electron chi connectivity index (χ3n) is 4.33. The van der Waals surface area contributed by atoms with Gasteiger partial charge in [-0.2, -0.15) is 0 Å². The number of nitrogens with zero attached hydrogens (tertiary/aromatic N) is 1. The second-order valence-electron chi connectivity index (χ2n) is 6.27. The van der Waals surface area contributed by atoms with E-state index in [2.05, 4.69) is 22.1 Å². The molecule has 0 saturated carbocycles. The quantitative estimate of drug-likeness (QED) is 0.570. The first kappa shape index (κ1) is 23.4. The Bertz CT molecular complexity index is 703. The van der Waals surface area contributed by atoms with E-state index in [1.54, 1.807) is 13.2 Å². The highest BCUT2D eigenvalue weighted by Crippen LogP contribution is 2.29. The van der Waals surface area contributed by atoms with Crippen molar-refractivity contribution in [2.45, 2.75) is 31.9 Å². The Kier molecular flexibility index (Phi) is 9.75. The summed E-state index contributed by atoms with van der Waals surface area (Å²) < 4.78 is 11.2. The van der Waals surface area contributed by atoms with Gasteiger partial charge in [0.25, 0.3) is 5.91 Å². The lowest BCUT2D eigenvalue weighted by atomic mass is 10.0. The molecule has 2 atom stereocenters. The smallest absolute Gasteiger partial charge is 0.255 e. The zero-order chi connectivity index (χ0) is 19.1. The highest BCUT2D eigenvalue weighted by atomic mass is 35.5. The molecule has 1 saturated heterocycles. The number of likely N-dealkylation sites (tertiary alicyclic amines) is 1. The van der Waals surface area contributed by atoms with Gasteiger partial charge in [-0.15, -0.1) is 18.3 Å². The number of rotatable bonds is 5. The molecule has 2 unspecified atom stereocenters. The third-order valence-corrected chi connectivity index (χ3v) is 4.65. The number of anilines is 1. The maximum absolute atomic E-state index is 12.8. The van der Waals surface area contributed by atoms with Crippen LogP contribution in [-0.4, -0.2) is 56.8 Å². The highest BCUT2D eigenvalue weighted by Gasteiger charge is 2.30. The number of nitrogens with two attached hydrogens (primary N) is 1. The summed E-state index contributed by atoms with van der Waals surface area (Å²) in [5.74, 6) is 5.92. The number of hydrogen-bond acceptors (Lipinski definition) is 5. The number of benzene rings is 1. The summed E-state index contributed by atoms with van der Waals surface area (Å²) in [6.45, 7) is 3.80. The van der Waals surface area contributed by atoms with Gasteiger partial charge in [0.2, 0.25) is 0 Å². The van der Waals surface area contributed by atoms with Crippen LogP contribution in [-0.2, 0) is 4.74 Å². The van der Waals surface area contributed by atoms with Crippen LogP contribution in [0.1, 0.15) is 30.1 Å². The van der Waals surface area contributed by atoms with Crippen molar-refractivity contribution >= 4 is 35.6 Å². The molecule has 1 amide bonds. The van der Waals surface area contributed by atoms with Crippen molar-refractivity contribution in [2.24, 2.45) is 0 Å². The molecule has 0 aromatic heterocycles. The molecule has 0 spiro atoms. The van der Waals surface area contributed by atoms with E-state index in [9.17, 15) is 4.79 Å². The Morgan fingerprint density at radius 3 is 2.85 bits per heavy atom. The van der Waals surface area contributed by atoms with E-state index in [1.165, 1.54) is 6.07 Å². The number of carbonyl (C=O) groups is 1. The zero-order valence-corrected chi connectivity index (χ0v) is 17.5. The first-order chi connectivity index (χ1) is 12.5. The van der Waals surface area contributed by atoms with Crippen LogP contribution in [0, 0.1) is 11.8 Å². The van der Waals surface area contributed by atoms with Gasteiger partial charge in [-0.1, -0.05) is 24.4 Å². The molecule has 27 heavy (non-hydrogen) atoms. The molecule has 1 aromatic rings. The van der Waals surface area contributed by atoms with Crippen molar-refractivity contribution in [3.63, 3.8) is 0 Å². The average molecular weight is 416 g/mol. The lowest BCUT2D eigenvalue weighted by Gasteiger charge is -2.36. The Balaban J connectivity index is 0.00000364. The summed E-state index contributed by atoms with van der Waals surface area (Å²) in [6.07, 6.45) is 1.48. The summed E-state index contributed by atoms with van der Waals surface area (Å²) in [5.41, 5.74) is 6.56. The minimum atomic E-state index is -0.262. The zero-order valence-electron chi connectivity index (χ0n) is 15.9. The fourth-order valence-corrected chi connectivity index (χ4v) is 3.04. The largest absolute Gasteiger partial charge is 0.480 e. The van der Waals surface area contributed by atoms with Gasteiger partial charge in [-0.25, -0.2) is 0 Å². The number of hydrogen-bond donors (Lipinski definition) is 2. The molecule has 6 nitrogen and oxygen atoms in total. The fourth-order valence-electron chi connectivity index (χ4n) is 2.88. The van der Waals surface area contributed by atoms with Gasteiger partial charge < -0.3 is 25.4 Å². The second kappa shape index (κ2) is 11.3. The molecule has 150 valence electrons. The van der Waals surface area contributed by atoms with Gasteiger partial charge in [0.15, 0.2) is 0 Å². The second-order valence-corrected chi connectivity index (χ2v) is 6.68. The summed E-state index contributed by atoms with van der Waals surface area (Å²) in [6, 6.07) is 3.02.